The van der Waals surface area contributed by atoms with E-state index in [2.05, 4.69) is 27.3 Å². The van der Waals surface area contributed by atoms with Crippen LogP contribution < -0.4 is 10.2 Å². The number of aryl methyl sites for hydroxylation is 1. The lowest BCUT2D eigenvalue weighted by Crippen LogP contribution is -2.38. The molecular weight excluding hydrogens is 232 g/mol. The molecule has 1 aromatic heterocycles. The van der Waals surface area contributed by atoms with E-state index in [1.807, 2.05) is 6.92 Å². The van der Waals surface area contributed by atoms with E-state index in [1.54, 1.807) is 11.3 Å². The number of piperidine rings is 1. The highest BCUT2D eigenvalue weighted by Gasteiger charge is 2.18. The minimum atomic E-state index is 0.763. The van der Waals surface area contributed by atoms with Gasteiger partial charge in [0.05, 0.1) is 0 Å². The second-order valence-electron chi connectivity index (χ2n) is 4.76. The second kappa shape index (κ2) is 6.31. The molecule has 0 aliphatic carbocycles. The average Bonchev–Trinajstić information content (AvgIpc) is 2.77. The number of hydrogen-bond donors (Lipinski definition) is 1. The molecule has 2 heterocycles. The lowest BCUT2D eigenvalue weighted by atomic mass is 9.99. The van der Waals surface area contributed by atoms with Crippen LogP contribution in [0.4, 0.5) is 5.13 Å². The molecule has 1 N–H and O–H groups in total. The van der Waals surface area contributed by atoms with Crippen LogP contribution in [0.25, 0.3) is 0 Å². The Morgan fingerprint density at radius 1 is 1.47 bits per heavy atom. The molecule has 1 aliphatic rings. The monoisotopic (exact) mass is 254 g/mol. The van der Waals surface area contributed by atoms with Gasteiger partial charge in [-0.05, 0) is 45.2 Å². The Hall–Kier alpha value is -0.680. The van der Waals surface area contributed by atoms with Gasteiger partial charge in [0.25, 0.3) is 0 Å². The van der Waals surface area contributed by atoms with Crippen molar-refractivity contribution in [2.75, 3.05) is 31.1 Å². The first-order valence-electron chi connectivity index (χ1n) is 6.55. The first-order valence-corrected chi connectivity index (χ1v) is 7.37. The smallest absolute Gasteiger partial charge is 0.208 e. The summed E-state index contributed by atoms with van der Waals surface area (Å²) in [6, 6.07) is 0. The molecule has 17 heavy (non-hydrogen) atoms. The SMILES string of the molecule is CCCN(CC1CCCNC1)c1nnc(C)s1. The summed E-state index contributed by atoms with van der Waals surface area (Å²) >= 11 is 1.71. The van der Waals surface area contributed by atoms with E-state index in [1.165, 1.54) is 25.8 Å². The van der Waals surface area contributed by atoms with Gasteiger partial charge in [0.15, 0.2) is 0 Å². The third-order valence-electron chi connectivity index (χ3n) is 3.16. The molecule has 0 bridgehead atoms. The molecule has 0 saturated carbocycles. The van der Waals surface area contributed by atoms with Gasteiger partial charge < -0.3 is 10.2 Å². The van der Waals surface area contributed by atoms with Crippen molar-refractivity contribution in [2.45, 2.75) is 33.1 Å². The largest absolute Gasteiger partial charge is 0.346 e. The first-order chi connectivity index (χ1) is 8.29. The van der Waals surface area contributed by atoms with Crippen LogP contribution in [0.1, 0.15) is 31.2 Å². The Balaban J connectivity index is 1.96. The van der Waals surface area contributed by atoms with Gasteiger partial charge in [0, 0.05) is 13.1 Å². The van der Waals surface area contributed by atoms with Crippen molar-refractivity contribution in [3.63, 3.8) is 0 Å². The van der Waals surface area contributed by atoms with Crippen LogP contribution in [0.5, 0.6) is 0 Å². The lowest BCUT2D eigenvalue weighted by molar-refractivity contribution is 0.376. The molecule has 2 rings (SSSR count). The molecular formula is C12H22N4S. The van der Waals surface area contributed by atoms with Gasteiger partial charge in [-0.25, -0.2) is 0 Å². The van der Waals surface area contributed by atoms with Crippen LogP contribution in [-0.2, 0) is 0 Å². The number of nitrogens with one attached hydrogen (secondary N) is 1. The summed E-state index contributed by atoms with van der Waals surface area (Å²) in [4.78, 5) is 2.41. The van der Waals surface area contributed by atoms with E-state index < -0.39 is 0 Å². The lowest BCUT2D eigenvalue weighted by Gasteiger charge is -2.29. The molecule has 4 nitrogen and oxygen atoms in total. The van der Waals surface area contributed by atoms with Gasteiger partial charge in [0.1, 0.15) is 5.01 Å². The Morgan fingerprint density at radius 2 is 2.35 bits per heavy atom. The summed E-state index contributed by atoms with van der Waals surface area (Å²) in [6.45, 7) is 8.79. The zero-order valence-electron chi connectivity index (χ0n) is 10.8. The van der Waals surface area contributed by atoms with Crippen molar-refractivity contribution >= 4 is 16.5 Å². The van der Waals surface area contributed by atoms with E-state index in [-0.39, 0.29) is 0 Å². The summed E-state index contributed by atoms with van der Waals surface area (Å²) in [7, 11) is 0. The fraction of sp³-hybridized carbons (Fsp3) is 0.833. The predicted octanol–water partition coefficient (Wildman–Crippen LogP) is 2.06. The molecule has 0 spiro atoms. The predicted molar refractivity (Wildman–Crippen MR) is 72.7 cm³/mol. The third kappa shape index (κ3) is 3.64. The molecule has 5 heteroatoms. The van der Waals surface area contributed by atoms with Crippen LogP contribution in [0.2, 0.25) is 0 Å². The van der Waals surface area contributed by atoms with Crippen LogP contribution in [0.15, 0.2) is 0 Å². The van der Waals surface area contributed by atoms with Crippen molar-refractivity contribution in [2.24, 2.45) is 5.92 Å². The van der Waals surface area contributed by atoms with Gasteiger partial charge in [0.2, 0.25) is 5.13 Å². The highest BCUT2D eigenvalue weighted by atomic mass is 32.1. The molecule has 1 fully saturated rings. The van der Waals surface area contributed by atoms with Gasteiger partial charge in [-0.1, -0.05) is 18.3 Å². The summed E-state index contributed by atoms with van der Waals surface area (Å²) < 4.78 is 0. The fourth-order valence-electron chi connectivity index (χ4n) is 2.34. The molecule has 1 aromatic rings. The van der Waals surface area contributed by atoms with Crippen LogP contribution >= 0.6 is 11.3 Å². The molecule has 0 aromatic carbocycles. The summed E-state index contributed by atoms with van der Waals surface area (Å²) in [5.41, 5.74) is 0. The fourth-order valence-corrected chi connectivity index (χ4v) is 3.06. The maximum Gasteiger partial charge on any atom is 0.208 e. The van der Waals surface area contributed by atoms with Gasteiger partial charge in [-0.15, -0.1) is 10.2 Å². The quantitative estimate of drug-likeness (QED) is 0.873. The topological polar surface area (TPSA) is 41.0 Å². The summed E-state index contributed by atoms with van der Waals surface area (Å²) in [5, 5.41) is 14.0. The molecule has 1 atom stereocenters. The summed E-state index contributed by atoms with van der Waals surface area (Å²) in [5.74, 6) is 0.763. The maximum atomic E-state index is 4.27. The van der Waals surface area contributed by atoms with Gasteiger partial charge in [-0.2, -0.15) is 0 Å². The van der Waals surface area contributed by atoms with E-state index >= 15 is 0 Å². The van der Waals surface area contributed by atoms with E-state index in [0.29, 0.717) is 0 Å². The van der Waals surface area contributed by atoms with Gasteiger partial charge >= 0.3 is 0 Å². The molecule has 96 valence electrons. The Morgan fingerprint density at radius 3 is 2.94 bits per heavy atom. The second-order valence-corrected chi connectivity index (χ2v) is 5.92. The van der Waals surface area contributed by atoms with Crippen molar-refractivity contribution in [3.05, 3.63) is 5.01 Å². The Kier molecular flexibility index (Phi) is 4.74. The first kappa shape index (κ1) is 12.8. The van der Waals surface area contributed by atoms with E-state index in [4.69, 9.17) is 0 Å². The molecule has 1 aliphatic heterocycles. The Bertz CT molecular complexity index is 333. The van der Waals surface area contributed by atoms with E-state index in [9.17, 15) is 0 Å². The average molecular weight is 254 g/mol. The molecule has 1 saturated heterocycles. The van der Waals surface area contributed by atoms with Crippen molar-refractivity contribution in [1.82, 2.24) is 15.5 Å². The van der Waals surface area contributed by atoms with Crippen molar-refractivity contribution in [1.29, 1.82) is 0 Å². The van der Waals surface area contributed by atoms with E-state index in [0.717, 1.165) is 35.7 Å². The van der Waals surface area contributed by atoms with Crippen LogP contribution in [0.3, 0.4) is 0 Å². The summed E-state index contributed by atoms with van der Waals surface area (Å²) in [6.07, 6.45) is 3.81. The minimum Gasteiger partial charge on any atom is -0.346 e. The zero-order valence-corrected chi connectivity index (χ0v) is 11.6. The highest BCUT2D eigenvalue weighted by Crippen LogP contribution is 2.22. The van der Waals surface area contributed by atoms with Gasteiger partial charge in [-0.3, -0.25) is 0 Å². The number of hydrogen-bond acceptors (Lipinski definition) is 5. The number of nitrogens with zero attached hydrogens (tertiary/aromatic N) is 3. The number of aromatic nitrogens is 2. The highest BCUT2D eigenvalue weighted by molar-refractivity contribution is 7.15. The number of anilines is 1. The maximum absolute atomic E-state index is 4.27. The standard InChI is InChI=1S/C12H22N4S/c1-3-7-16(12-15-14-10(2)17-12)9-11-5-4-6-13-8-11/h11,13H,3-9H2,1-2H3. The van der Waals surface area contributed by atoms with Crippen molar-refractivity contribution < 1.29 is 0 Å². The van der Waals surface area contributed by atoms with Crippen molar-refractivity contribution in [3.8, 4) is 0 Å². The third-order valence-corrected chi connectivity index (χ3v) is 4.06. The normalized spacial score (nSPS) is 20.5. The van der Waals surface area contributed by atoms with Crippen LogP contribution in [-0.4, -0.2) is 36.4 Å². The molecule has 0 radical (unpaired) electrons. The minimum absolute atomic E-state index is 0.763. The molecule has 0 amide bonds. The molecule has 1 unspecified atom stereocenters. The van der Waals surface area contributed by atoms with Crippen LogP contribution in [0, 0.1) is 12.8 Å². The zero-order chi connectivity index (χ0) is 12.1. The number of rotatable bonds is 5. The Labute approximate surface area is 107 Å².